The standard InChI is InChI=1S/C17H14F3NO4S/c1-11(16-10-12-4-2-3-5-15(12)24-16)21-26(22,23)14-8-6-13(7-9-14)25-17(18,19)20/h2-11,21H,1H3/t11-/m1/s1. The number of rotatable bonds is 5. The minimum absolute atomic E-state index is 0.185. The number of sulfonamides is 1. The summed E-state index contributed by atoms with van der Waals surface area (Å²) in [5.74, 6) is -0.0754. The number of ether oxygens (including phenoxy) is 1. The van der Waals surface area contributed by atoms with E-state index in [2.05, 4.69) is 9.46 Å². The molecule has 0 saturated carbocycles. The minimum atomic E-state index is -4.84. The molecule has 0 aliphatic rings. The predicted octanol–water partition coefficient (Wildman–Crippen LogP) is 4.37. The van der Waals surface area contributed by atoms with Gasteiger partial charge in [0.1, 0.15) is 17.1 Å². The smallest absolute Gasteiger partial charge is 0.459 e. The number of halogens is 3. The van der Waals surface area contributed by atoms with Crippen molar-refractivity contribution in [3.05, 3.63) is 60.4 Å². The summed E-state index contributed by atoms with van der Waals surface area (Å²) in [6.45, 7) is 1.61. The molecule has 0 spiro atoms. The van der Waals surface area contributed by atoms with Crippen LogP contribution in [0.1, 0.15) is 18.7 Å². The zero-order chi connectivity index (χ0) is 18.9. The highest BCUT2D eigenvalue weighted by atomic mass is 32.2. The van der Waals surface area contributed by atoms with Crippen LogP contribution in [0.15, 0.2) is 63.9 Å². The summed E-state index contributed by atoms with van der Waals surface area (Å²) < 4.78 is 73.1. The number of alkyl halides is 3. The maximum Gasteiger partial charge on any atom is 0.573 e. The van der Waals surface area contributed by atoms with Gasteiger partial charge < -0.3 is 9.15 Å². The molecule has 0 unspecified atom stereocenters. The third-order valence-corrected chi connectivity index (χ3v) is 5.13. The fourth-order valence-electron chi connectivity index (χ4n) is 2.40. The lowest BCUT2D eigenvalue weighted by Crippen LogP contribution is -2.26. The van der Waals surface area contributed by atoms with Crippen LogP contribution in [0.2, 0.25) is 0 Å². The van der Waals surface area contributed by atoms with Gasteiger partial charge in [-0.3, -0.25) is 0 Å². The van der Waals surface area contributed by atoms with Crippen LogP contribution in [0.3, 0.4) is 0 Å². The lowest BCUT2D eigenvalue weighted by Gasteiger charge is -2.13. The Balaban J connectivity index is 1.77. The van der Waals surface area contributed by atoms with Crippen LogP contribution in [-0.2, 0) is 10.0 Å². The normalized spacial score (nSPS) is 13.7. The molecule has 1 heterocycles. The van der Waals surface area contributed by atoms with Gasteiger partial charge in [-0.05, 0) is 43.3 Å². The molecule has 0 aliphatic carbocycles. The lowest BCUT2D eigenvalue weighted by atomic mass is 10.2. The van der Waals surface area contributed by atoms with Crippen LogP contribution in [0.5, 0.6) is 5.75 Å². The van der Waals surface area contributed by atoms with Gasteiger partial charge >= 0.3 is 6.36 Å². The van der Waals surface area contributed by atoms with Crippen LogP contribution in [0.4, 0.5) is 13.2 Å². The molecule has 0 bridgehead atoms. The van der Waals surface area contributed by atoms with Crippen molar-refractivity contribution < 1.29 is 30.7 Å². The molecular weight excluding hydrogens is 371 g/mol. The van der Waals surface area contributed by atoms with E-state index in [1.165, 1.54) is 0 Å². The highest BCUT2D eigenvalue weighted by Gasteiger charge is 2.31. The van der Waals surface area contributed by atoms with E-state index in [0.717, 1.165) is 29.7 Å². The van der Waals surface area contributed by atoms with Crippen molar-refractivity contribution in [1.29, 1.82) is 0 Å². The monoisotopic (exact) mass is 385 g/mol. The number of fused-ring (bicyclic) bond motifs is 1. The van der Waals surface area contributed by atoms with Crippen LogP contribution in [0.25, 0.3) is 11.0 Å². The topological polar surface area (TPSA) is 68.5 Å². The molecule has 1 atom stereocenters. The average molecular weight is 385 g/mol. The number of benzene rings is 2. The Morgan fingerprint density at radius 3 is 2.35 bits per heavy atom. The van der Waals surface area contributed by atoms with E-state index in [1.807, 2.05) is 12.1 Å². The van der Waals surface area contributed by atoms with Crippen molar-refractivity contribution in [3.63, 3.8) is 0 Å². The summed E-state index contributed by atoms with van der Waals surface area (Å²) >= 11 is 0. The van der Waals surface area contributed by atoms with E-state index < -0.39 is 28.2 Å². The summed E-state index contributed by atoms with van der Waals surface area (Å²) in [5.41, 5.74) is 0.627. The van der Waals surface area contributed by atoms with Crippen molar-refractivity contribution in [1.82, 2.24) is 4.72 Å². The molecule has 3 rings (SSSR count). The molecule has 5 nitrogen and oxygen atoms in total. The predicted molar refractivity (Wildman–Crippen MR) is 88.1 cm³/mol. The van der Waals surface area contributed by atoms with Gasteiger partial charge in [0.25, 0.3) is 0 Å². The van der Waals surface area contributed by atoms with Gasteiger partial charge in [0.2, 0.25) is 10.0 Å². The van der Waals surface area contributed by atoms with E-state index in [0.29, 0.717) is 11.3 Å². The SMILES string of the molecule is C[C@@H](NS(=O)(=O)c1ccc(OC(F)(F)F)cc1)c1cc2ccccc2o1. The van der Waals surface area contributed by atoms with Crippen LogP contribution >= 0.6 is 0 Å². The molecule has 0 fully saturated rings. The minimum Gasteiger partial charge on any atom is -0.459 e. The Hall–Kier alpha value is -2.52. The van der Waals surface area contributed by atoms with E-state index in [4.69, 9.17) is 4.42 Å². The summed E-state index contributed by atoms with van der Waals surface area (Å²) in [6.07, 6.45) is -4.84. The molecule has 0 saturated heterocycles. The summed E-state index contributed by atoms with van der Waals surface area (Å²) in [6, 6.07) is 12.2. The van der Waals surface area contributed by atoms with Gasteiger partial charge in [-0.15, -0.1) is 13.2 Å². The van der Waals surface area contributed by atoms with Crippen molar-refractivity contribution in [2.24, 2.45) is 0 Å². The van der Waals surface area contributed by atoms with Crippen molar-refractivity contribution in [2.45, 2.75) is 24.2 Å². The van der Waals surface area contributed by atoms with Gasteiger partial charge in [0.15, 0.2) is 0 Å². The molecule has 0 aliphatic heterocycles. The van der Waals surface area contributed by atoms with Gasteiger partial charge in [-0.1, -0.05) is 18.2 Å². The molecule has 0 amide bonds. The molecule has 1 aromatic heterocycles. The zero-order valence-corrected chi connectivity index (χ0v) is 14.3. The van der Waals surface area contributed by atoms with Crippen LogP contribution in [0, 0.1) is 0 Å². The van der Waals surface area contributed by atoms with Gasteiger partial charge in [-0.25, -0.2) is 13.1 Å². The van der Waals surface area contributed by atoms with Gasteiger partial charge in [-0.2, -0.15) is 0 Å². The first-order valence-corrected chi connectivity index (χ1v) is 8.99. The quantitative estimate of drug-likeness (QED) is 0.708. The van der Waals surface area contributed by atoms with Crippen LogP contribution in [-0.4, -0.2) is 14.8 Å². The van der Waals surface area contributed by atoms with E-state index in [-0.39, 0.29) is 4.90 Å². The number of hydrogen-bond acceptors (Lipinski definition) is 4. The average Bonchev–Trinajstić information content (AvgIpc) is 2.97. The molecule has 26 heavy (non-hydrogen) atoms. The van der Waals surface area contributed by atoms with E-state index in [1.54, 1.807) is 25.1 Å². The highest BCUT2D eigenvalue weighted by Crippen LogP contribution is 2.26. The second-order valence-corrected chi connectivity index (χ2v) is 7.26. The Morgan fingerprint density at radius 1 is 1.08 bits per heavy atom. The van der Waals surface area contributed by atoms with E-state index in [9.17, 15) is 21.6 Å². The van der Waals surface area contributed by atoms with Gasteiger partial charge in [0, 0.05) is 5.39 Å². The number of furan rings is 1. The molecular formula is C17H14F3NO4S. The molecule has 138 valence electrons. The molecule has 1 N–H and O–H groups in total. The van der Waals surface area contributed by atoms with Gasteiger partial charge in [0.05, 0.1) is 10.9 Å². The highest BCUT2D eigenvalue weighted by molar-refractivity contribution is 7.89. The first kappa shape index (κ1) is 18.3. The van der Waals surface area contributed by atoms with E-state index >= 15 is 0 Å². The fourth-order valence-corrected chi connectivity index (χ4v) is 3.61. The summed E-state index contributed by atoms with van der Waals surface area (Å²) in [5, 5.41) is 0.835. The van der Waals surface area contributed by atoms with Crippen molar-refractivity contribution in [3.8, 4) is 5.75 Å². The van der Waals surface area contributed by atoms with Crippen LogP contribution < -0.4 is 9.46 Å². The maximum atomic E-state index is 12.4. The van der Waals surface area contributed by atoms with Crippen molar-refractivity contribution >= 4 is 21.0 Å². The molecule has 3 aromatic rings. The largest absolute Gasteiger partial charge is 0.573 e. The number of para-hydroxylation sites is 1. The third-order valence-electron chi connectivity index (χ3n) is 3.57. The number of hydrogen-bond donors (Lipinski definition) is 1. The Labute approximate surface area is 147 Å². The summed E-state index contributed by atoms with van der Waals surface area (Å²) in [7, 11) is -3.95. The molecule has 0 radical (unpaired) electrons. The van der Waals surface area contributed by atoms with Crippen molar-refractivity contribution in [2.75, 3.05) is 0 Å². The molecule has 2 aromatic carbocycles. The first-order valence-electron chi connectivity index (χ1n) is 7.51. The second-order valence-electron chi connectivity index (χ2n) is 5.55. The Bertz CT molecular complexity index is 977. The molecule has 9 heteroatoms. The zero-order valence-electron chi connectivity index (χ0n) is 13.4. The fraction of sp³-hybridized carbons (Fsp3) is 0.176. The Morgan fingerprint density at radius 2 is 1.73 bits per heavy atom. The second kappa shape index (κ2) is 6.65. The maximum absolute atomic E-state index is 12.4. The summed E-state index contributed by atoms with van der Waals surface area (Å²) in [4.78, 5) is -0.185. The number of nitrogens with one attached hydrogen (secondary N) is 1. The lowest BCUT2D eigenvalue weighted by molar-refractivity contribution is -0.274. The Kier molecular flexibility index (Phi) is 4.68. The first-order chi connectivity index (χ1) is 12.1. The third kappa shape index (κ3) is 4.17.